The van der Waals surface area contributed by atoms with Crippen molar-refractivity contribution < 1.29 is 8.42 Å². The Hall–Kier alpha value is -1.05. The minimum Gasteiger partial charge on any atom is -0.393 e. The van der Waals surface area contributed by atoms with E-state index in [9.17, 15) is 8.42 Å². The molecule has 0 aliphatic rings. The summed E-state index contributed by atoms with van der Waals surface area (Å²) in [6, 6.07) is 3.64. The Kier molecular flexibility index (Phi) is 6.33. The number of hydrogen-bond donors (Lipinski definition) is 1. The fourth-order valence-corrected chi connectivity index (χ4v) is 3.26. The van der Waals surface area contributed by atoms with Crippen LogP contribution >= 0.6 is 12.2 Å². The first-order chi connectivity index (χ1) is 8.95. The summed E-state index contributed by atoms with van der Waals surface area (Å²) >= 11 is 4.78. The molecule has 19 heavy (non-hydrogen) atoms. The summed E-state index contributed by atoms with van der Waals surface area (Å²) in [5.74, 6) is 0.0855. The van der Waals surface area contributed by atoms with Crippen molar-refractivity contribution in [3.63, 3.8) is 0 Å². The standard InChI is InChI=1S/C12H19N3O2S2/c1-2-15(9-5-12(13)18)19(16,17)10-6-11-3-7-14-8-4-11/h3-4,7-8H,2,5-6,9-10H2,1H3,(H2,13,18). The van der Waals surface area contributed by atoms with Gasteiger partial charge in [-0.05, 0) is 24.1 Å². The van der Waals surface area contributed by atoms with E-state index in [1.807, 2.05) is 19.1 Å². The molecule has 7 heteroatoms. The van der Waals surface area contributed by atoms with Gasteiger partial charge >= 0.3 is 0 Å². The Bertz CT molecular complexity index is 503. The lowest BCUT2D eigenvalue weighted by atomic mass is 10.2. The second-order valence-electron chi connectivity index (χ2n) is 4.13. The SMILES string of the molecule is CCN(CCC(N)=S)S(=O)(=O)CCc1ccncc1. The van der Waals surface area contributed by atoms with E-state index in [0.717, 1.165) is 5.56 Å². The Morgan fingerprint density at radius 3 is 2.58 bits per heavy atom. The zero-order valence-corrected chi connectivity index (χ0v) is 12.6. The van der Waals surface area contributed by atoms with Gasteiger partial charge in [-0.3, -0.25) is 4.98 Å². The minimum atomic E-state index is -3.27. The van der Waals surface area contributed by atoms with Crippen molar-refractivity contribution in [2.45, 2.75) is 19.8 Å². The molecule has 5 nitrogen and oxygen atoms in total. The van der Waals surface area contributed by atoms with Crippen LogP contribution in [0.4, 0.5) is 0 Å². The lowest BCUT2D eigenvalue weighted by Crippen LogP contribution is -2.35. The highest BCUT2D eigenvalue weighted by atomic mass is 32.2. The van der Waals surface area contributed by atoms with Gasteiger partial charge in [0.2, 0.25) is 10.0 Å². The third-order valence-corrected chi connectivity index (χ3v) is 4.90. The van der Waals surface area contributed by atoms with E-state index in [-0.39, 0.29) is 5.75 Å². The molecule has 1 aromatic heterocycles. The number of hydrogen-bond acceptors (Lipinski definition) is 4. The second kappa shape index (κ2) is 7.52. The molecule has 0 spiro atoms. The van der Waals surface area contributed by atoms with E-state index < -0.39 is 10.0 Å². The number of aromatic nitrogens is 1. The van der Waals surface area contributed by atoms with Crippen molar-refractivity contribution in [1.82, 2.24) is 9.29 Å². The Morgan fingerprint density at radius 2 is 2.05 bits per heavy atom. The molecule has 0 saturated heterocycles. The van der Waals surface area contributed by atoms with Gasteiger partial charge in [-0.25, -0.2) is 12.7 Å². The van der Waals surface area contributed by atoms with Crippen molar-refractivity contribution in [2.24, 2.45) is 5.73 Å². The van der Waals surface area contributed by atoms with Crippen molar-refractivity contribution in [2.75, 3.05) is 18.8 Å². The number of thiocarbonyl (C=S) groups is 1. The molecule has 0 radical (unpaired) electrons. The van der Waals surface area contributed by atoms with E-state index >= 15 is 0 Å². The number of sulfonamides is 1. The van der Waals surface area contributed by atoms with E-state index in [1.165, 1.54) is 4.31 Å². The normalized spacial score (nSPS) is 11.7. The molecule has 2 N–H and O–H groups in total. The zero-order valence-electron chi connectivity index (χ0n) is 10.9. The van der Waals surface area contributed by atoms with Crippen molar-refractivity contribution in [3.8, 4) is 0 Å². The smallest absolute Gasteiger partial charge is 0.214 e. The summed E-state index contributed by atoms with van der Waals surface area (Å²) < 4.78 is 25.8. The average Bonchev–Trinajstić information content (AvgIpc) is 2.38. The highest BCUT2D eigenvalue weighted by Crippen LogP contribution is 2.07. The molecule has 0 saturated carbocycles. The van der Waals surface area contributed by atoms with Gasteiger partial charge in [0, 0.05) is 31.9 Å². The molecule has 0 atom stereocenters. The number of pyridine rings is 1. The van der Waals surface area contributed by atoms with Crippen molar-refractivity contribution >= 4 is 27.2 Å². The number of nitrogens with zero attached hydrogens (tertiary/aromatic N) is 2. The quantitative estimate of drug-likeness (QED) is 0.724. The molecule has 0 aliphatic heterocycles. The highest BCUT2D eigenvalue weighted by Gasteiger charge is 2.20. The molecular formula is C12H19N3O2S2. The summed E-state index contributed by atoms with van der Waals surface area (Å²) in [5.41, 5.74) is 6.37. The summed E-state index contributed by atoms with van der Waals surface area (Å²) in [7, 11) is -3.27. The average molecular weight is 301 g/mol. The van der Waals surface area contributed by atoms with Crippen molar-refractivity contribution in [3.05, 3.63) is 30.1 Å². The first-order valence-corrected chi connectivity index (χ1v) is 8.12. The number of rotatable bonds is 8. The molecule has 0 amide bonds. The summed E-state index contributed by atoms with van der Waals surface area (Å²) in [5, 5.41) is 0. The van der Waals surface area contributed by atoms with Crippen LogP contribution in [0.3, 0.4) is 0 Å². The Labute approximate surface area is 119 Å². The van der Waals surface area contributed by atoms with Crippen LogP contribution in [0.1, 0.15) is 18.9 Å². The fourth-order valence-electron chi connectivity index (χ4n) is 1.65. The molecule has 0 fully saturated rings. The van der Waals surface area contributed by atoms with Gasteiger partial charge in [0.05, 0.1) is 10.7 Å². The summed E-state index contributed by atoms with van der Waals surface area (Å²) in [4.78, 5) is 4.24. The van der Waals surface area contributed by atoms with Gasteiger partial charge in [-0.2, -0.15) is 0 Å². The van der Waals surface area contributed by atoms with Gasteiger partial charge in [0.1, 0.15) is 0 Å². The first-order valence-electron chi connectivity index (χ1n) is 6.10. The Morgan fingerprint density at radius 1 is 1.42 bits per heavy atom. The van der Waals surface area contributed by atoms with Crippen LogP contribution in [0.25, 0.3) is 0 Å². The van der Waals surface area contributed by atoms with Gasteiger partial charge in [-0.15, -0.1) is 0 Å². The Balaban J connectivity index is 2.60. The van der Waals surface area contributed by atoms with E-state index in [2.05, 4.69) is 4.98 Å². The molecule has 0 aliphatic carbocycles. The molecule has 0 aromatic carbocycles. The van der Waals surface area contributed by atoms with Crippen LogP contribution in [-0.2, 0) is 16.4 Å². The maximum absolute atomic E-state index is 12.2. The molecule has 0 bridgehead atoms. The third kappa shape index (κ3) is 5.63. The topological polar surface area (TPSA) is 76.3 Å². The van der Waals surface area contributed by atoms with E-state index in [4.69, 9.17) is 18.0 Å². The van der Waals surface area contributed by atoms with Crippen LogP contribution in [0, 0.1) is 0 Å². The second-order valence-corrected chi connectivity index (χ2v) is 6.74. The lowest BCUT2D eigenvalue weighted by Gasteiger charge is -2.20. The third-order valence-electron chi connectivity index (χ3n) is 2.75. The number of aryl methyl sites for hydroxylation is 1. The van der Waals surface area contributed by atoms with Gasteiger partial charge in [0.25, 0.3) is 0 Å². The maximum Gasteiger partial charge on any atom is 0.214 e. The van der Waals surface area contributed by atoms with Gasteiger partial charge in [0.15, 0.2) is 0 Å². The van der Waals surface area contributed by atoms with Crippen LogP contribution in [0.5, 0.6) is 0 Å². The highest BCUT2D eigenvalue weighted by molar-refractivity contribution is 7.89. The summed E-state index contributed by atoms with van der Waals surface area (Å²) in [6.07, 6.45) is 4.21. The minimum absolute atomic E-state index is 0.0855. The fraction of sp³-hybridized carbons (Fsp3) is 0.500. The molecule has 106 valence electrons. The predicted molar refractivity (Wildman–Crippen MR) is 80.4 cm³/mol. The molecular weight excluding hydrogens is 282 g/mol. The van der Waals surface area contributed by atoms with Crippen LogP contribution in [0.2, 0.25) is 0 Å². The van der Waals surface area contributed by atoms with E-state index in [0.29, 0.717) is 30.9 Å². The van der Waals surface area contributed by atoms with Crippen LogP contribution < -0.4 is 5.73 Å². The van der Waals surface area contributed by atoms with E-state index in [1.54, 1.807) is 12.4 Å². The summed E-state index contributed by atoms with van der Waals surface area (Å²) in [6.45, 7) is 2.59. The monoisotopic (exact) mass is 301 g/mol. The maximum atomic E-state index is 12.2. The van der Waals surface area contributed by atoms with Crippen LogP contribution in [0.15, 0.2) is 24.5 Å². The predicted octanol–water partition coefficient (Wildman–Crippen LogP) is 0.952. The first kappa shape index (κ1) is 16.0. The molecule has 0 unspecified atom stereocenters. The molecule has 1 aromatic rings. The number of nitrogens with two attached hydrogens (primary N) is 1. The molecule has 1 rings (SSSR count). The molecule has 1 heterocycles. The van der Waals surface area contributed by atoms with Crippen LogP contribution in [-0.4, -0.2) is 41.5 Å². The van der Waals surface area contributed by atoms with Crippen molar-refractivity contribution in [1.29, 1.82) is 0 Å². The largest absolute Gasteiger partial charge is 0.393 e. The van der Waals surface area contributed by atoms with Gasteiger partial charge in [-0.1, -0.05) is 19.1 Å². The lowest BCUT2D eigenvalue weighted by molar-refractivity contribution is 0.437. The zero-order chi connectivity index (χ0) is 14.3. The van der Waals surface area contributed by atoms with Gasteiger partial charge < -0.3 is 5.73 Å².